The van der Waals surface area contributed by atoms with Crippen molar-refractivity contribution in [3.05, 3.63) is 93.9 Å². The highest BCUT2D eigenvalue weighted by molar-refractivity contribution is 9.10. The number of para-hydroxylation sites is 1. The van der Waals surface area contributed by atoms with Crippen LogP contribution in [0.5, 0.6) is 0 Å². The molecule has 0 N–H and O–H groups in total. The van der Waals surface area contributed by atoms with E-state index in [9.17, 15) is 13.2 Å². The molecule has 0 bridgehead atoms. The molecule has 4 rings (SSSR count). The maximum atomic E-state index is 13.5. The molecule has 1 fully saturated rings. The van der Waals surface area contributed by atoms with Crippen molar-refractivity contribution < 1.29 is 13.2 Å². The number of anilines is 1. The van der Waals surface area contributed by atoms with E-state index in [4.69, 9.17) is 11.6 Å². The zero-order valence-electron chi connectivity index (χ0n) is 18.5. The van der Waals surface area contributed by atoms with Gasteiger partial charge in [-0.3, -0.25) is 4.79 Å². The molecule has 0 atom stereocenters. The fourth-order valence-corrected chi connectivity index (χ4v) is 5.65. The van der Waals surface area contributed by atoms with E-state index in [0.717, 1.165) is 15.7 Å². The number of nitrogens with zero attached hydrogens (tertiary/aromatic N) is 3. The van der Waals surface area contributed by atoms with Crippen LogP contribution in [0.25, 0.3) is 0 Å². The Labute approximate surface area is 213 Å². The van der Waals surface area contributed by atoms with Crippen LogP contribution in [0.1, 0.15) is 5.56 Å². The molecule has 0 radical (unpaired) electrons. The number of halogens is 2. The highest BCUT2D eigenvalue weighted by Gasteiger charge is 2.30. The SMILES string of the molecule is O=C(CN(Cc1ccc(Cl)cc1)S(=O)(=O)c1ccc(Br)cc1)N1CCN(c2ccccc2)CC1. The first-order valence-electron chi connectivity index (χ1n) is 10.9. The molecule has 1 aliphatic heterocycles. The van der Waals surface area contributed by atoms with Gasteiger partial charge in [-0.1, -0.05) is 57.9 Å². The first-order valence-corrected chi connectivity index (χ1v) is 13.5. The molecule has 1 heterocycles. The molecular weight excluding hydrogens is 538 g/mol. The largest absolute Gasteiger partial charge is 0.368 e. The normalized spacial score (nSPS) is 14.4. The highest BCUT2D eigenvalue weighted by atomic mass is 79.9. The van der Waals surface area contributed by atoms with Gasteiger partial charge < -0.3 is 9.80 Å². The van der Waals surface area contributed by atoms with Gasteiger partial charge in [0.1, 0.15) is 0 Å². The van der Waals surface area contributed by atoms with Crippen LogP contribution in [-0.2, 0) is 21.4 Å². The summed E-state index contributed by atoms with van der Waals surface area (Å²) in [4.78, 5) is 17.3. The number of hydrogen-bond acceptors (Lipinski definition) is 4. The molecule has 3 aromatic rings. The van der Waals surface area contributed by atoms with Crippen molar-refractivity contribution >= 4 is 49.1 Å². The predicted octanol–water partition coefficient (Wildman–Crippen LogP) is 4.64. The van der Waals surface area contributed by atoms with E-state index in [-0.39, 0.29) is 23.9 Å². The zero-order chi connectivity index (χ0) is 24.1. The maximum Gasteiger partial charge on any atom is 0.243 e. The van der Waals surface area contributed by atoms with Crippen LogP contribution in [-0.4, -0.2) is 56.3 Å². The standard InChI is InChI=1S/C25H25BrClN3O3S/c26-21-8-12-24(13-9-21)34(32,33)30(18-20-6-10-22(27)11-7-20)19-25(31)29-16-14-28(15-17-29)23-4-2-1-3-5-23/h1-13H,14-19H2. The van der Waals surface area contributed by atoms with Crippen molar-refractivity contribution in [2.45, 2.75) is 11.4 Å². The van der Waals surface area contributed by atoms with Crippen LogP contribution in [0.4, 0.5) is 5.69 Å². The molecule has 3 aromatic carbocycles. The first kappa shape index (κ1) is 24.7. The predicted molar refractivity (Wildman–Crippen MR) is 138 cm³/mol. The van der Waals surface area contributed by atoms with Crippen molar-refractivity contribution in [2.24, 2.45) is 0 Å². The Morgan fingerprint density at radius 1 is 0.882 bits per heavy atom. The lowest BCUT2D eigenvalue weighted by molar-refractivity contribution is -0.131. The van der Waals surface area contributed by atoms with E-state index < -0.39 is 10.0 Å². The second-order valence-electron chi connectivity index (χ2n) is 8.06. The Kier molecular flexibility index (Phi) is 7.93. The lowest BCUT2D eigenvalue weighted by Crippen LogP contribution is -2.51. The number of piperazine rings is 1. The second kappa shape index (κ2) is 10.9. The topological polar surface area (TPSA) is 60.9 Å². The Hall–Kier alpha value is -2.39. The summed E-state index contributed by atoms with van der Waals surface area (Å²) < 4.78 is 29.0. The van der Waals surface area contributed by atoms with Gasteiger partial charge in [0, 0.05) is 47.9 Å². The Balaban J connectivity index is 1.50. The summed E-state index contributed by atoms with van der Waals surface area (Å²) in [5, 5.41) is 0.568. The molecule has 0 aliphatic carbocycles. The fraction of sp³-hybridized carbons (Fsp3) is 0.240. The van der Waals surface area contributed by atoms with E-state index in [1.54, 1.807) is 41.3 Å². The summed E-state index contributed by atoms with van der Waals surface area (Å²) in [6.45, 7) is 2.33. The monoisotopic (exact) mass is 561 g/mol. The summed E-state index contributed by atoms with van der Waals surface area (Å²) in [5.41, 5.74) is 1.88. The third-order valence-electron chi connectivity index (χ3n) is 5.79. The Morgan fingerprint density at radius 2 is 1.50 bits per heavy atom. The number of sulfonamides is 1. The van der Waals surface area contributed by atoms with Gasteiger partial charge in [-0.2, -0.15) is 4.31 Å². The molecule has 6 nitrogen and oxygen atoms in total. The third kappa shape index (κ3) is 5.99. The molecule has 178 valence electrons. The van der Waals surface area contributed by atoms with E-state index in [2.05, 4.69) is 33.0 Å². The van der Waals surface area contributed by atoms with Crippen molar-refractivity contribution in [1.29, 1.82) is 0 Å². The number of carbonyl (C=O) groups is 1. The Morgan fingerprint density at radius 3 is 2.12 bits per heavy atom. The van der Waals surface area contributed by atoms with Crippen LogP contribution >= 0.6 is 27.5 Å². The maximum absolute atomic E-state index is 13.5. The van der Waals surface area contributed by atoms with Gasteiger partial charge in [0.2, 0.25) is 15.9 Å². The van der Waals surface area contributed by atoms with Crippen molar-refractivity contribution in [1.82, 2.24) is 9.21 Å². The van der Waals surface area contributed by atoms with Crippen molar-refractivity contribution in [3.8, 4) is 0 Å². The quantitative estimate of drug-likeness (QED) is 0.421. The number of rotatable bonds is 7. The molecule has 1 saturated heterocycles. The summed E-state index contributed by atoms with van der Waals surface area (Å²) in [7, 11) is -3.89. The van der Waals surface area contributed by atoms with E-state index in [1.165, 1.54) is 16.4 Å². The number of hydrogen-bond donors (Lipinski definition) is 0. The number of carbonyl (C=O) groups excluding carboxylic acids is 1. The van der Waals surface area contributed by atoms with Gasteiger partial charge in [0.25, 0.3) is 0 Å². The molecule has 0 saturated carbocycles. The molecule has 1 amide bonds. The van der Waals surface area contributed by atoms with Crippen LogP contribution < -0.4 is 4.90 Å². The molecule has 0 spiro atoms. The minimum absolute atomic E-state index is 0.0747. The Bertz CT molecular complexity index is 1210. The van der Waals surface area contributed by atoms with E-state index >= 15 is 0 Å². The van der Waals surface area contributed by atoms with Gasteiger partial charge >= 0.3 is 0 Å². The van der Waals surface area contributed by atoms with Gasteiger partial charge in [-0.15, -0.1) is 0 Å². The van der Waals surface area contributed by atoms with Gasteiger partial charge in [0.15, 0.2) is 0 Å². The van der Waals surface area contributed by atoms with Crippen LogP contribution in [0.3, 0.4) is 0 Å². The van der Waals surface area contributed by atoms with Crippen LogP contribution in [0.2, 0.25) is 5.02 Å². The minimum atomic E-state index is -3.89. The second-order valence-corrected chi connectivity index (χ2v) is 11.3. The molecule has 34 heavy (non-hydrogen) atoms. The first-order chi connectivity index (χ1) is 16.3. The van der Waals surface area contributed by atoms with Gasteiger partial charge in [-0.05, 0) is 54.1 Å². The lowest BCUT2D eigenvalue weighted by atomic mass is 10.2. The molecule has 1 aliphatic rings. The fourth-order valence-electron chi connectivity index (χ4n) is 3.88. The smallest absolute Gasteiger partial charge is 0.243 e. The summed E-state index contributed by atoms with van der Waals surface area (Å²) in [6, 6.07) is 23.5. The van der Waals surface area contributed by atoms with E-state index in [0.29, 0.717) is 31.2 Å². The summed E-state index contributed by atoms with van der Waals surface area (Å²) >= 11 is 9.33. The highest BCUT2D eigenvalue weighted by Crippen LogP contribution is 2.22. The average Bonchev–Trinajstić information content (AvgIpc) is 2.86. The van der Waals surface area contributed by atoms with Crippen LogP contribution in [0.15, 0.2) is 88.2 Å². The zero-order valence-corrected chi connectivity index (χ0v) is 21.6. The number of amides is 1. The average molecular weight is 563 g/mol. The van der Waals surface area contributed by atoms with E-state index in [1.807, 2.05) is 18.2 Å². The van der Waals surface area contributed by atoms with Gasteiger partial charge in [-0.25, -0.2) is 8.42 Å². The van der Waals surface area contributed by atoms with Crippen molar-refractivity contribution in [2.75, 3.05) is 37.6 Å². The number of benzene rings is 3. The third-order valence-corrected chi connectivity index (χ3v) is 8.38. The summed E-state index contributed by atoms with van der Waals surface area (Å²) in [5.74, 6) is -0.206. The lowest BCUT2D eigenvalue weighted by Gasteiger charge is -2.37. The molecule has 0 aromatic heterocycles. The van der Waals surface area contributed by atoms with Crippen molar-refractivity contribution in [3.63, 3.8) is 0 Å². The van der Waals surface area contributed by atoms with Crippen LogP contribution in [0, 0.1) is 0 Å². The van der Waals surface area contributed by atoms with Gasteiger partial charge in [0.05, 0.1) is 11.4 Å². The molecule has 9 heteroatoms. The molecular formula is C25H25BrClN3O3S. The summed E-state index contributed by atoms with van der Waals surface area (Å²) in [6.07, 6.45) is 0. The molecule has 0 unspecified atom stereocenters. The minimum Gasteiger partial charge on any atom is -0.368 e.